The predicted molar refractivity (Wildman–Crippen MR) is 91.6 cm³/mol. The fourth-order valence-electron chi connectivity index (χ4n) is 3.37. The van der Waals surface area contributed by atoms with Gasteiger partial charge in [-0.15, -0.1) is 0 Å². The van der Waals surface area contributed by atoms with Gasteiger partial charge in [0.15, 0.2) is 0 Å². The first-order chi connectivity index (χ1) is 11.2. The Bertz CT molecular complexity index is 678. The molecule has 1 fully saturated rings. The van der Waals surface area contributed by atoms with Crippen LogP contribution in [0.4, 0.5) is 0 Å². The Labute approximate surface area is 137 Å². The molecule has 1 saturated heterocycles. The summed E-state index contributed by atoms with van der Waals surface area (Å²) >= 11 is 0. The van der Waals surface area contributed by atoms with Crippen LogP contribution in [0.3, 0.4) is 0 Å². The number of amides is 1. The number of hydrogen-bond donors (Lipinski definition) is 0. The highest BCUT2D eigenvalue weighted by atomic mass is 16.5. The molecule has 1 aliphatic heterocycles. The zero-order valence-electron chi connectivity index (χ0n) is 13.8. The van der Waals surface area contributed by atoms with Gasteiger partial charge in [-0.25, -0.2) is 0 Å². The van der Waals surface area contributed by atoms with E-state index in [1.807, 2.05) is 29.2 Å². The van der Waals surface area contributed by atoms with Crippen molar-refractivity contribution in [2.24, 2.45) is 0 Å². The van der Waals surface area contributed by atoms with Crippen LogP contribution in [0.15, 0.2) is 48.5 Å². The summed E-state index contributed by atoms with van der Waals surface area (Å²) in [6, 6.07) is 16.4. The lowest BCUT2D eigenvalue weighted by atomic mass is 9.99. The van der Waals surface area contributed by atoms with Gasteiger partial charge in [-0.1, -0.05) is 36.4 Å². The van der Waals surface area contributed by atoms with Gasteiger partial charge in [0.2, 0.25) is 5.91 Å². The van der Waals surface area contributed by atoms with Crippen LogP contribution in [0.2, 0.25) is 0 Å². The smallest absolute Gasteiger partial charge is 0.227 e. The summed E-state index contributed by atoms with van der Waals surface area (Å²) in [5.41, 5.74) is 3.58. The first-order valence-electron chi connectivity index (χ1n) is 8.17. The zero-order chi connectivity index (χ0) is 16.2. The van der Waals surface area contributed by atoms with Crippen LogP contribution >= 0.6 is 0 Å². The van der Waals surface area contributed by atoms with Gasteiger partial charge in [0.1, 0.15) is 5.75 Å². The Morgan fingerprint density at radius 2 is 1.91 bits per heavy atom. The predicted octanol–water partition coefficient (Wildman–Crippen LogP) is 3.91. The summed E-state index contributed by atoms with van der Waals surface area (Å²) in [7, 11) is 1.65. The van der Waals surface area contributed by atoms with Crippen molar-refractivity contribution < 1.29 is 9.53 Å². The van der Waals surface area contributed by atoms with Gasteiger partial charge in [0.25, 0.3) is 0 Å². The first kappa shape index (κ1) is 15.6. The Balaban J connectivity index is 1.74. The molecule has 3 nitrogen and oxygen atoms in total. The van der Waals surface area contributed by atoms with E-state index in [2.05, 4.69) is 31.2 Å². The molecule has 120 valence electrons. The van der Waals surface area contributed by atoms with Crippen molar-refractivity contribution >= 4 is 5.91 Å². The lowest BCUT2D eigenvalue weighted by Gasteiger charge is -2.26. The van der Waals surface area contributed by atoms with Gasteiger partial charge >= 0.3 is 0 Å². The number of ether oxygens (including phenoxy) is 1. The van der Waals surface area contributed by atoms with E-state index in [0.717, 1.165) is 30.7 Å². The molecule has 1 aliphatic rings. The van der Waals surface area contributed by atoms with Crippen molar-refractivity contribution in [3.63, 3.8) is 0 Å². The third-order valence-corrected chi connectivity index (χ3v) is 4.64. The lowest BCUT2D eigenvalue weighted by molar-refractivity contribution is -0.131. The SMILES string of the molecule is COc1ccc(CC(=O)N2CCC[C@@H]2c2ccccc2C)cc1. The maximum Gasteiger partial charge on any atom is 0.227 e. The number of likely N-dealkylation sites (tertiary alicyclic amines) is 1. The van der Waals surface area contributed by atoms with Crippen molar-refractivity contribution in [1.29, 1.82) is 0 Å². The lowest BCUT2D eigenvalue weighted by Crippen LogP contribution is -2.32. The second kappa shape index (κ2) is 6.86. The molecule has 0 spiro atoms. The minimum Gasteiger partial charge on any atom is -0.497 e. The molecule has 0 saturated carbocycles. The molecular weight excluding hydrogens is 286 g/mol. The van der Waals surface area contributed by atoms with E-state index >= 15 is 0 Å². The third-order valence-electron chi connectivity index (χ3n) is 4.64. The minimum absolute atomic E-state index is 0.209. The summed E-state index contributed by atoms with van der Waals surface area (Å²) in [6.07, 6.45) is 2.58. The highest BCUT2D eigenvalue weighted by Gasteiger charge is 2.30. The molecule has 1 atom stereocenters. The molecule has 1 heterocycles. The molecule has 3 heteroatoms. The zero-order valence-corrected chi connectivity index (χ0v) is 13.8. The monoisotopic (exact) mass is 309 g/mol. The van der Waals surface area contributed by atoms with Crippen molar-refractivity contribution in [2.45, 2.75) is 32.2 Å². The number of hydrogen-bond acceptors (Lipinski definition) is 2. The molecule has 3 rings (SSSR count). The average Bonchev–Trinajstić information content (AvgIpc) is 3.05. The van der Waals surface area contributed by atoms with Crippen LogP contribution < -0.4 is 4.74 Å². The Kier molecular flexibility index (Phi) is 4.65. The molecule has 0 aliphatic carbocycles. The maximum absolute atomic E-state index is 12.8. The molecule has 0 unspecified atom stereocenters. The van der Waals surface area contributed by atoms with Crippen LogP contribution in [0.25, 0.3) is 0 Å². The number of carbonyl (C=O) groups excluding carboxylic acids is 1. The van der Waals surface area contributed by atoms with Crippen LogP contribution in [-0.4, -0.2) is 24.5 Å². The van der Waals surface area contributed by atoms with Gasteiger partial charge in [-0.2, -0.15) is 0 Å². The second-order valence-corrected chi connectivity index (χ2v) is 6.13. The van der Waals surface area contributed by atoms with Gasteiger partial charge < -0.3 is 9.64 Å². The summed E-state index contributed by atoms with van der Waals surface area (Å²) in [4.78, 5) is 14.8. The first-order valence-corrected chi connectivity index (χ1v) is 8.17. The number of methoxy groups -OCH3 is 1. The van der Waals surface area contributed by atoms with Crippen molar-refractivity contribution in [3.05, 3.63) is 65.2 Å². The number of rotatable bonds is 4. The number of nitrogens with zero attached hydrogens (tertiary/aromatic N) is 1. The highest BCUT2D eigenvalue weighted by molar-refractivity contribution is 5.79. The van der Waals surface area contributed by atoms with E-state index < -0.39 is 0 Å². The molecule has 2 aromatic rings. The summed E-state index contributed by atoms with van der Waals surface area (Å²) < 4.78 is 5.17. The molecule has 0 bridgehead atoms. The number of carbonyl (C=O) groups is 1. The van der Waals surface area contributed by atoms with E-state index in [1.54, 1.807) is 7.11 Å². The summed E-state index contributed by atoms with van der Waals surface area (Å²) in [5.74, 6) is 1.03. The van der Waals surface area contributed by atoms with E-state index in [1.165, 1.54) is 11.1 Å². The van der Waals surface area contributed by atoms with Gasteiger partial charge in [-0.3, -0.25) is 4.79 Å². The highest BCUT2D eigenvalue weighted by Crippen LogP contribution is 2.34. The summed E-state index contributed by atoms with van der Waals surface area (Å²) in [5, 5.41) is 0. The minimum atomic E-state index is 0.209. The standard InChI is InChI=1S/C20H23NO2/c1-15-6-3-4-7-18(15)19-8-5-13-21(19)20(22)14-16-9-11-17(23-2)12-10-16/h3-4,6-7,9-12,19H,5,8,13-14H2,1-2H3/t19-/m1/s1. The molecule has 0 radical (unpaired) electrons. The normalized spacial score (nSPS) is 17.3. The van der Waals surface area contributed by atoms with E-state index in [9.17, 15) is 4.79 Å². The van der Waals surface area contributed by atoms with Crippen LogP contribution in [0, 0.1) is 6.92 Å². The van der Waals surface area contributed by atoms with Gasteiger partial charge in [0, 0.05) is 6.54 Å². The largest absolute Gasteiger partial charge is 0.497 e. The fourth-order valence-corrected chi connectivity index (χ4v) is 3.37. The van der Waals surface area contributed by atoms with Crippen molar-refractivity contribution in [2.75, 3.05) is 13.7 Å². The third kappa shape index (κ3) is 3.39. The van der Waals surface area contributed by atoms with Crippen molar-refractivity contribution in [1.82, 2.24) is 4.90 Å². The summed E-state index contributed by atoms with van der Waals surface area (Å²) in [6.45, 7) is 2.98. The molecule has 1 amide bonds. The quantitative estimate of drug-likeness (QED) is 0.857. The number of benzene rings is 2. The molecular formula is C20H23NO2. The molecule has 0 aromatic heterocycles. The van der Waals surface area contributed by atoms with Crippen LogP contribution in [0.1, 0.15) is 35.6 Å². The van der Waals surface area contributed by atoms with Crippen molar-refractivity contribution in [3.8, 4) is 5.75 Å². The van der Waals surface area contributed by atoms with Crippen LogP contribution in [-0.2, 0) is 11.2 Å². The maximum atomic E-state index is 12.8. The Morgan fingerprint density at radius 1 is 1.17 bits per heavy atom. The van der Waals surface area contributed by atoms with E-state index in [0.29, 0.717) is 6.42 Å². The molecule has 0 N–H and O–H groups in total. The molecule has 2 aromatic carbocycles. The molecule has 23 heavy (non-hydrogen) atoms. The van der Waals surface area contributed by atoms with Gasteiger partial charge in [-0.05, 0) is 48.6 Å². The van der Waals surface area contributed by atoms with E-state index in [4.69, 9.17) is 4.74 Å². The second-order valence-electron chi connectivity index (χ2n) is 6.13. The van der Waals surface area contributed by atoms with E-state index in [-0.39, 0.29) is 11.9 Å². The Hall–Kier alpha value is -2.29. The fraction of sp³-hybridized carbons (Fsp3) is 0.350. The number of aryl methyl sites for hydroxylation is 1. The van der Waals surface area contributed by atoms with Gasteiger partial charge in [0.05, 0.1) is 19.6 Å². The average molecular weight is 309 g/mol. The topological polar surface area (TPSA) is 29.5 Å². The van der Waals surface area contributed by atoms with Crippen LogP contribution in [0.5, 0.6) is 5.75 Å². The Morgan fingerprint density at radius 3 is 2.61 bits per heavy atom.